The number of nitrogens with one attached hydrogen (secondary N) is 1. The topological polar surface area (TPSA) is 61.7 Å². The van der Waals surface area contributed by atoms with Gasteiger partial charge in [0.25, 0.3) is 0 Å². The summed E-state index contributed by atoms with van der Waals surface area (Å²) in [6.45, 7) is 3.78. The summed E-state index contributed by atoms with van der Waals surface area (Å²) in [7, 11) is 0. The lowest BCUT2D eigenvalue weighted by molar-refractivity contribution is 0.0953. The van der Waals surface area contributed by atoms with Crippen molar-refractivity contribution in [1.29, 1.82) is 0 Å². The number of hydrogen-bond acceptors (Lipinski definition) is 4. The van der Waals surface area contributed by atoms with Crippen molar-refractivity contribution in [3.63, 3.8) is 0 Å². The molecule has 1 saturated carbocycles. The van der Waals surface area contributed by atoms with Gasteiger partial charge in [0.2, 0.25) is 0 Å². The molecule has 0 spiro atoms. The smallest absolute Gasteiger partial charge is 0.119 e. The maximum Gasteiger partial charge on any atom is 0.119 e. The molecule has 118 valence electrons. The van der Waals surface area contributed by atoms with E-state index in [1.54, 1.807) is 0 Å². The second-order valence-electron chi connectivity index (χ2n) is 6.11. The number of aliphatic hydroxyl groups excluding tert-OH is 2. The van der Waals surface area contributed by atoms with E-state index in [-0.39, 0.29) is 6.10 Å². The molecule has 21 heavy (non-hydrogen) atoms. The van der Waals surface area contributed by atoms with Gasteiger partial charge in [0.1, 0.15) is 18.5 Å². The molecule has 1 aliphatic rings. The van der Waals surface area contributed by atoms with Crippen LogP contribution >= 0.6 is 0 Å². The minimum atomic E-state index is -0.500. The van der Waals surface area contributed by atoms with E-state index in [1.165, 1.54) is 0 Å². The zero-order valence-corrected chi connectivity index (χ0v) is 12.8. The zero-order chi connectivity index (χ0) is 15.1. The van der Waals surface area contributed by atoms with Gasteiger partial charge in [-0.1, -0.05) is 12.1 Å². The molecule has 0 amide bonds. The maximum atomic E-state index is 9.92. The average molecular weight is 293 g/mol. The summed E-state index contributed by atoms with van der Waals surface area (Å²) in [4.78, 5) is 0. The van der Waals surface area contributed by atoms with Crippen LogP contribution in [0, 0.1) is 12.8 Å². The van der Waals surface area contributed by atoms with Gasteiger partial charge in [-0.2, -0.15) is 0 Å². The summed E-state index contributed by atoms with van der Waals surface area (Å²) in [6, 6.07) is 7.84. The van der Waals surface area contributed by atoms with Crippen LogP contribution < -0.4 is 10.1 Å². The molecule has 0 radical (unpaired) electrons. The van der Waals surface area contributed by atoms with Gasteiger partial charge in [0.15, 0.2) is 0 Å². The predicted molar refractivity (Wildman–Crippen MR) is 83.5 cm³/mol. The quantitative estimate of drug-likeness (QED) is 0.718. The summed E-state index contributed by atoms with van der Waals surface area (Å²) in [5, 5.41) is 22.7. The molecule has 2 rings (SSSR count). The van der Waals surface area contributed by atoms with Gasteiger partial charge in [-0.25, -0.2) is 0 Å². The molecule has 0 aliphatic heterocycles. The predicted octanol–water partition coefficient (Wildman–Crippen LogP) is 1.88. The number of aliphatic hydroxyl groups is 2. The minimum absolute atomic E-state index is 0.102. The molecule has 4 heteroatoms. The Hall–Kier alpha value is -1.10. The molecule has 0 saturated heterocycles. The molecule has 1 fully saturated rings. The van der Waals surface area contributed by atoms with Crippen LogP contribution in [-0.4, -0.2) is 42.1 Å². The Bertz CT molecular complexity index is 416. The van der Waals surface area contributed by atoms with E-state index in [1.807, 2.05) is 31.2 Å². The van der Waals surface area contributed by atoms with Gasteiger partial charge in [-0.05, 0) is 62.8 Å². The standard InChI is InChI=1S/C17H27NO3/c1-13-3-2-4-17(9-13)21-12-16(20)11-18-10-14-5-7-15(19)8-6-14/h2-4,9,14-16,18-20H,5-8,10-12H2,1H3. The third kappa shape index (κ3) is 6.04. The van der Waals surface area contributed by atoms with E-state index >= 15 is 0 Å². The van der Waals surface area contributed by atoms with Crippen LogP contribution in [0.2, 0.25) is 0 Å². The van der Waals surface area contributed by atoms with Gasteiger partial charge in [-0.3, -0.25) is 0 Å². The van der Waals surface area contributed by atoms with Crippen molar-refractivity contribution in [3.8, 4) is 5.75 Å². The molecule has 1 atom stereocenters. The van der Waals surface area contributed by atoms with Crippen molar-refractivity contribution in [3.05, 3.63) is 29.8 Å². The van der Waals surface area contributed by atoms with Crippen LogP contribution in [0.15, 0.2) is 24.3 Å². The van der Waals surface area contributed by atoms with Gasteiger partial charge >= 0.3 is 0 Å². The lowest BCUT2D eigenvalue weighted by Gasteiger charge is -2.26. The SMILES string of the molecule is Cc1cccc(OCC(O)CNCC2CCC(O)CC2)c1. The third-order valence-corrected chi connectivity index (χ3v) is 4.06. The van der Waals surface area contributed by atoms with E-state index < -0.39 is 6.10 Å². The highest BCUT2D eigenvalue weighted by atomic mass is 16.5. The Labute approximate surface area is 127 Å². The Morgan fingerprint density at radius 2 is 2.05 bits per heavy atom. The Morgan fingerprint density at radius 3 is 2.76 bits per heavy atom. The van der Waals surface area contributed by atoms with Crippen LogP contribution in [0.3, 0.4) is 0 Å². The Morgan fingerprint density at radius 1 is 1.29 bits per heavy atom. The number of benzene rings is 1. The van der Waals surface area contributed by atoms with E-state index in [0.29, 0.717) is 19.1 Å². The van der Waals surface area contributed by atoms with E-state index in [4.69, 9.17) is 4.74 Å². The monoisotopic (exact) mass is 293 g/mol. The van der Waals surface area contributed by atoms with Crippen LogP contribution in [0.5, 0.6) is 5.75 Å². The number of ether oxygens (including phenoxy) is 1. The highest BCUT2D eigenvalue weighted by molar-refractivity contribution is 5.27. The molecule has 0 aromatic heterocycles. The van der Waals surface area contributed by atoms with Crippen LogP contribution in [0.1, 0.15) is 31.2 Å². The van der Waals surface area contributed by atoms with Gasteiger partial charge < -0.3 is 20.3 Å². The fourth-order valence-corrected chi connectivity index (χ4v) is 2.76. The number of rotatable bonds is 7. The molecule has 1 aliphatic carbocycles. The first-order chi connectivity index (χ1) is 10.1. The average Bonchev–Trinajstić information content (AvgIpc) is 2.47. The molecular formula is C17H27NO3. The molecule has 0 heterocycles. The van der Waals surface area contributed by atoms with Crippen molar-refractivity contribution in [2.45, 2.75) is 44.8 Å². The van der Waals surface area contributed by atoms with Crippen molar-refractivity contribution in [2.24, 2.45) is 5.92 Å². The molecule has 1 unspecified atom stereocenters. The summed E-state index contributed by atoms with van der Waals surface area (Å²) in [5.74, 6) is 1.42. The summed E-state index contributed by atoms with van der Waals surface area (Å²) in [5.41, 5.74) is 1.15. The molecule has 4 nitrogen and oxygen atoms in total. The molecule has 0 bridgehead atoms. The second-order valence-corrected chi connectivity index (χ2v) is 6.11. The van der Waals surface area contributed by atoms with E-state index in [2.05, 4.69) is 5.32 Å². The van der Waals surface area contributed by atoms with Crippen molar-refractivity contribution in [1.82, 2.24) is 5.32 Å². The molecule has 1 aromatic rings. The molecule has 1 aromatic carbocycles. The zero-order valence-electron chi connectivity index (χ0n) is 12.8. The van der Waals surface area contributed by atoms with Crippen LogP contribution in [0.4, 0.5) is 0 Å². The summed E-state index contributed by atoms with van der Waals surface area (Å²) >= 11 is 0. The normalized spacial score (nSPS) is 23.8. The fraction of sp³-hybridized carbons (Fsp3) is 0.647. The van der Waals surface area contributed by atoms with Crippen LogP contribution in [-0.2, 0) is 0 Å². The van der Waals surface area contributed by atoms with Crippen LogP contribution in [0.25, 0.3) is 0 Å². The lowest BCUT2D eigenvalue weighted by Crippen LogP contribution is -2.35. The fourth-order valence-electron chi connectivity index (χ4n) is 2.76. The third-order valence-electron chi connectivity index (χ3n) is 4.06. The van der Waals surface area contributed by atoms with Gasteiger partial charge in [-0.15, -0.1) is 0 Å². The van der Waals surface area contributed by atoms with Crippen molar-refractivity contribution >= 4 is 0 Å². The minimum Gasteiger partial charge on any atom is -0.491 e. The number of aryl methyl sites for hydroxylation is 1. The summed E-state index contributed by atoms with van der Waals surface area (Å²) in [6.07, 6.45) is 3.36. The Balaban J connectivity index is 1.58. The molecular weight excluding hydrogens is 266 g/mol. The van der Waals surface area contributed by atoms with E-state index in [0.717, 1.165) is 43.5 Å². The first-order valence-electron chi connectivity index (χ1n) is 7.90. The Kier molecular flexibility index (Phi) is 6.49. The highest BCUT2D eigenvalue weighted by Crippen LogP contribution is 2.23. The highest BCUT2D eigenvalue weighted by Gasteiger charge is 2.19. The number of hydrogen-bond donors (Lipinski definition) is 3. The van der Waals surface area contributed by atoms with Gasteiger partial charge in [0, 0.05) is 6.54 Å². The van der Waals surface area contributed by atoms with Crippen molar-refractivity contribution in [2.75, 3.05) is 19.7 Å². The largest absolute Gasteiger partial charge is 0.491 e. The maximum absolute atomic E-state index is 9.92. The first-order valence-corrected chi connectivity index (χ1v) is 7.90. The molecule has 3 N–H and O–H groups in total. The van der Waals surface area contributed by atoms with Gasteiger partial charge in [0.05, 0.1) is 6.10 Å². The first kappa shape index (κ1) is 16.3. The van der Waals surface area contributed by atoms with Crippen molar-refractivity contribution < 1.29 is 14.9 Å². The lowest BCUT2D eigenvalue weighted by atomic mass is 9.87. The van der Waals surface area contributed by atoms with E-state index in [9.17, 15) is 10.2 Å². The summed E-state index contributed by atoms with van der Waals surface area (Å²) < 4.78 is 5.58. The second kappa shape index (κ2) is 8.37.